The highest BCUT2D eigenvalue weighted by Crippen LogP contribution is 2.43. The van der Waals surface area contributed by atoms with Crippen LogP contribution in [-0.4, -0.2) is 55.5 Å². The Bertz CT molecular complexity index is 1180. The van der Waals surface area contributed by atoms with E-state index in [2.05, 4.69) is 10.4 Å². The van der Waals surface area contributed by atoms with Gasteiger partial charge in [-0.1, -0.05) is 49.7 Å². The summed E-state index contributed by atoms with van der Waals surface area (Å²) >= 11 is 6.15. The van der Waals surface area contributed by atoms with E-state index < -0.39 is 24.0 Å². The number of nitrogens with zero attached hydrogens (tertiary/aromatic N) is 3. The number of carbonyl (C=O) groups excluding carboxylic acids is 2. The van der Waals surface area contributed by atoms with E-state index in [0.717, 1.165) is 16.8 Å². The maximum Gasteiger partial charge on any atom is 0.255 e. The number of aliphatic hydroxyl groups excluding tert-OH is 2. The zero-order valence-corrected chi connectivity index (χ0v) is 20.4. The molecule has 1 aliphatic heterocycles. The van der Waals surface area contributed by atoms with Gasteiger partial charge in [0.05, 0.1) is 11.7 Å². The summed E-state index contributed by atoms with van der Waals surface area (Å²) in [5.74, 6) is -1.51. The maximum absolute atomic E-state index is 13.2. The lowest BCUT2D eigenvalue weighted by Crippen LogP contribution is -2.50. The van der Waals surface area contributed by atoms with E-state index in [-0.39, 0.29) is 18.0 Å². The minimum atomic E-state index is -1.89. The highest BCUT2D eigenvalue weighted by Gasteiger charge is 2.44. The van der Waals surface area contributed by atoms with Gasteiger partial charge in [0.25, 0.3) is 11.8 Å². The number of halogens is 1. The van der Waals surface area contributed by atoms with Gasteiger partial charge in [-0.25, -0.2) is 4.68 Å². The smallest absolute Gasteiger partial charge is 0.255 e. The molecule has 3 aromatic rings. The molecule has 0 spiro atoms. The van der Waals surface area contributed by atoms with Crippen LogP contribution >= 0.6 is 11.6 Å². The summed E-state index contributed by atoms with van der Waals surface area (Å²) < 4.78 is 1.71. The monoisotopic (exact) mass is 496 g/mol. The van der Waals surface area contributed by atoms with Crippen LogP contribution in [0.25, 0.3) is 5.69 Å². The number of hydrogen-bond donors (Lipinski definition) is 3. The first-order valence-corrected chi connectivity index (χ1v) is 11.8. The molecule has 2 heterocycles. The van der Waals surface area contributed by atoms with Crippen molar-refractivity contribution in [1.82, 2.24) is 20.0 Å². The zero-order chi connectivity index (χ0) is 25.2. The van der Waals surface area contributed by atoms with Crippen molar-refractivity contribution in [3.05, 3.63) is 83.1 Å². The van der Waals surface area contributed by atoms with E-state index in [0.29, 0.717) is 18.0 Å². The number of carbonyl (C=O) groups is 2. The SMILES string of the molecule is CC1(C)CC(c2cccc(Cl)c2)N(C(=O)[C@H](O)[C@@H](O)C(=O)NCc2ccc(-n3cccn3)cc2)C1. The largest absolute Gasteiger partial charge is 0.380 e. The molecule has 3 atom stereocenters. The molecule has 0 radical (unpaired) electrons. The van der Waals surface area contributed by atoms with E-state index in [9.17, 15) is 19.8 Å². The van der Waals surface area contributed by atoms with Gasteiger partial charge in [0.2, 0.25) is 0 Å². The number of benzene rings is 2. The van der Waals surface area contributed by atoms with Gasteiger partial charge in [-0.15, -0.1) is 0 Å². The molecule has 1 saturated heterocycles. The van der Waals surface area contributed by atoms with Gasteiger partial charge >= 0.3 is 0 Å². The van der Waals surface area contributed by atoms with Crippen molar-refractivity contribution < 1.29 is 19.8 Å². The molecule has 4 rings (SSSR count). The Hall–Kier alpha value is -3.20. The normalized spacial score (nSPS) is 18.8. The number of aromatic nitrogens is 2. The Labute approximate surface area is 209 Å². The van der Waals surface area contributed by atoms with Crippen LogP contribution in [-0.2, 0) is 16.1 Å². The molecule has 1 aromatic heterocycles. The minimum absolute atomic E-state index is 0.137. The predicted molar refractivity (Wildman–Crippen MR) is 132 cm³/mol. The molecule has 2 amide bonds. The summed E-state index contributed by atoms with van der Waals surface area (Å²) in [5, 5.41) is 28.4. The Morgan fingerprint density at radius 1 is 1.14 bits per heavy atom. The third kappa shape index (κ3) is 5.73. The van der Waals surface area contributed by atoms with Crippen molar-refractivity contribution in [2.75, 3.05) is 6.54 Å². The molecule has 8 nitrogen and oxygen atoms in total. The van der Waals surface area contributed by atoms with Crippen LogP contribution in [0.5, 0.6) is 0 Å². The summed E-state index contributed by atoms with van der Waals surface area (Å²) in [6.45, 7) is 4.59. The minimum Gasteiger partial charge on any atom is -0.380 e. The van der Waals surface area contributed by atoms with Crippen LogP contribution < -0.4 is 5.32 Å². The Kier molecular flexibility index (Phi) is 7.25. The summed E-state index contributed by atoms with van der Waals surface area (Å²) in [4.78, 5) is 27.2. The van der Waals surface area contributed by atoms with E-state index in [1.54, 1.807) is 23.0 Å². The van der Waals surface area contributed by atoms with Gasteiger partial charge in [0, 0.05) is 30.5 Å². The van der Waals surface area contributed by atoms with Crippen molar-refractivity contribution >= 4 is 23.4 Å². The molecule has 9 heteroatoms. The third-order valence-corrected chi connectivity index (χ3v) is 6.46. The van der Waals surface area contributed by atoms with Crippen molar-refractivity contribution in [1.29, 1.82) is 0 Å². The summed E-state index contributed by atoms with van der Waals surface area (Å²) in [7, 11) is 0. The molecular weight excluding hydrogens is 468 g/mol. The third-order valence-electron chi connectivity index (χ3n) is 6.23. The van der Waals surface area contributed by atoms with Gasteiger partial charge in [-0.3, -0.25) is 9.59 Å². The lowest BCUT2D eigenvalue weighted by atomic mass is 9.89. The van der Waals surface area contributed by atoms with Crippen molar-refractivity contribution in [2.45, 2.75) is 45.1 Å². The number of rotatable bonds is 7. The summed E-state index contributed by atoms with van der Waals surface area (Å²) in [5.41, 5.74) is 2.32. The standard InChI is InChI=1S/C26H29ClN4O4/c1-26(2)14-21(18-5-3-6-19(27)13-18)30(16-26)25(35)23(33)22(32)24(34)28-15-17-7-9-20(10-8-17)31-12-4-11-29-31/h3-13,21-23,32-33H,14-16H2,1-2H3,(H,28,34)/t21?,22-,23-/m1/s1. The second-order valence-corrected chi connectivity index (χ2v) is 10.1. The van der Waals surface area contributed by atoms with Crippen molar-refractivity contribution in [3.8, 4) is 5.69 Å². The zero-order valence-electron chi connectivity index (χ0n) is 19.6. The van der Waals surface area contributed by atoms with E-state index >= 15 is 0 Å². The first-order valence-electron chi connectivity index (χ1n) is 11.4. The lowest BCUT2D eigenvalue weighted by molar-refractivity contribution is -0.154. The van der Waals surface area contributed by atoms with E-state index in [4.69, 9.17) is 11.6 Å². The number of hydrogen-bond acceptors (Lipinski definition) is 5. The van der Waals surface area contributed by atoms with E-state index in [1.807, 2.05) is 62.5 Å². The summed E-state index contributed by atoms with van der Waals surface area (Å²) in [6, 6.07) is 16.1. The molecular formula is C26H29ClN4O4. The fourth-order valence-electron chi connectivity index (χ4n) is 4.44. The van der Waals surface area contributed by atoms with Crippen LogP contribution in [0.1, 0.15) is 37.4 Å². The first-order chi connectivity index (χ1) is 16.6. The quantitative estimate of drug-likeness (QED) is 0.466. The molecule has 184 valence electrons. The molecule has 1 unspecified atom stereocenters. The van der Waals surface area contributed by atoms with Crippen molar-refractivity contribution in [3.63, 3.8) is 0 Å². The average molecular weight is 497 g/mol. The molecule has 3 N–H and O–H groups in total. The number of amides is 2. The number of likely N-dealkylation sites (tertiary alicyclic amines) is 1. The van der Waals surface area contributed by atoms with Crippen LogP contribution in [0.4, 0.5) is 0 Å². The Morgan fingerprint density at radius 3 is 2.54 bits per heavy atom. The first kappa shape index (κ1) is 24.9. The fourth-order valence-corrected chi connectivity index (χ4v) is 4.64. The second-order valence-electron chi connectivity index (χ2n) is 9.63. The predicted octanol–water partition coefficient (Wildman–Crippen LogP) is 2.86. The molecule has 1 fully saturated rings. The van der Waals surface area contributed by atoms with Crippen LogP contribution in [0.2, 0.25) is 5.02 Å². The molecule has 0 saturated carbocycles. The van der Waals surface area contributed by atoms with Crippen molar-refractivity contribution in [2.24, 2.45) is 5.41 Å². The number of nitrogens with one attached hydrogen (secondary N) is 1. The Morgan fingerprint density at radius 2 is 1.89 bits per heavy atom. The summed E-state index contributed by atoms with van der Waals surface area (Å²) in [6.07, 6.45) is 0.400. The Balaban J connectivity index is 1.39. The second kappa shape index (κ2) is 10.2. The van der Waals surface area contributed by atoms with E-state index in [1.165, 1.54) is 4.90 Å². The fraction of sp³-hybridized carbons (Fsp3) is 0.346. The average Bonchev–Trinajstić information content (AvgIpc) is 3.49. The maximum atomic E-state index is 13.2. The molecule has 2 aromatic carbocycles. The topological polar surface area (TPSA) is 108 Å². The van der Waals surface area contributed by atoms with Crippen LogP contribution in [0.3, 0.4) is 0 Å². The molecule has 0 aliphatic carbocycles. The van der Waals surface area contributed by atoms with Crippen LogP contribution in [0, 0.1) is 5.41 Å². The van der Waals surface area contributed by atoms with Gasteiger partial charge in [-0.05, 0) is 53.3 Å². The highest BCUT2D eigenvalue weighted by atomic mass is 35.5. The molecule has 35 heavy (non-hydrogen) atoms. The molecule has 0 bridgehead atoms. The highest BCUT2D eigenvalue weighted by molar-refractivity contribution is 6.30. The molecule has 1 aliphatic rings. The van der Waals surface area contributed by atoms with Gasteiger partial charge < -0.3 is 20.4 Å². The van der Waals surface area contributed by atoms with Crippen LogP contribution in [0.15, 0.2) is 67.0 Å². The lowest BCUT2D eigenvalue weighted by Gasteiger charge is -2.29. The number of aliphatic hydroxyl groups is 2. The van der Waals surface area contributed by atoms with Gasteiger partial charge in [0.15, 0.2) is 12.2 Å². The van der Waals surface area contributed by atoms with Gasteiger partial charge in [-0.2, -0.15) is 5.10 Å². The van der Waals surface area contributed by atoms with Gasteiger partial charge in [0.1, 0.15) is 0 Å².